The van der Waals surface area contributed by atoms with Gasteiger partial charge in [0.1, 0.15) is 12.2 Å². The Labute approximate surface area is 76.3 Å². The van der Waals surface area contributed by atoms with Gasteiger partial charge < -0.3 is 20.1 Å². The number of allylic oxidation sites excluding steroid dienone is 1. The number of esters is 1. The summed E-state index contributed by atoms with van der Waals surface area (Å²) in [6.07, 6.45) is 2.66. The molecule has 3 N–H and O–H groups in total. The van der Waals surface area contributed by atoms with Crippen LogP contribution in [0, 0.1) is 0 Å². The highest BCUT2D eigenvalue weighted by atomic mass is 16.5. The van der Waals surface area contributed by atoms with Crippen molar-refractivity contribution in [2.24, 2.45) is 0 Å². The third-order valence-electron chi connectivity index (χ3n) is 1.37. The van der Waals surface area contributed by atoms with E-state index in [1.165, 1.54) is 12.2 Å². The average molecular weight is 190 g/mol. The predicted octanol–water partition coefficient (Wildman–Crippen LogP) is -1.18. The summed E-state index contributed by atoms with van der Waals surface area (Å²) in [7, 11) is 0. The van der Waals surface area contributed by atoms with Crippen molar-refractivity contribution >= 4 is 5.97 Å². The number of hydrogen-bond donors (Lipinski definition) is 3. The zero-order valence-electron chi connectivity index (χ0n) is 7.43. The zero-order chi connectivity index (χ0) is 10.3. The fourth-order valence-electron chi connectivity index (χ4n) is 0.531. The SMILES string of the molecule is C/C=C/C(=O)OCC(O)(CO)CO. The lowest BCUT2D eigenvalue weighted by Gasteiger charge is -2.21. The monoisotopic (exact) mass is 190 g/mol. The van der Waals surface area contributed by atoms with Crippen molar-refractivity contribution in [1.82, 2.24) is 0 Å². The number of rotatable bonds is 5. The summed E-state index contributed by atoms with van der Waals surface area (Å²) >= 11 is 0. The Kier molecular flexibility index (Phi) is 5.29. The molecule has 0 rings (SSSR count). The van der Waals surface area contributed by atoms with Crippen LogP contribution < -0.4 is 0 Å². The van der Waals surface area contributed by atoms with Crippen molar-refractivity contribution in [1.29, 1.82) is 0 Å². The Morgan fingerprint density at radius 1 is 1.46 bits per heavy atom. The van der Waals surface area contributed by atoms with Gasteiger partial charge in [-0.3, -0.25) is 0 Å². The lowest BCUT2D eigenvalue weighted by atomic mass is 10.1. The highest BCUT2D eigenvalue weighted by Gasteiger charge is 2.26. The van der Waals surface area contributed by atoms with Crippen LogP contribution in [0.25, 0.3) is 0 Å². The van der Waals surface area contributed by atoms with E-state index in [2.05, 4.69) is 4.74 Å². The Morgan fingerprint density at radius 3 is 2.38 bits per heavy atom. The minimum atomic E-state index is -1.75. The van der Waals surface area contributed by atoms with Gasteiger partial charge in [0.15, 0.2) is 0 Å². The summed E-state index contributed by atoms with van der Waals surface area (Å²) < 4.78 is 4.53. The van der Waals surface area contributed by atoms with Crippen molar-refractivity contribution in [3.05, 3.63) is 12.2 Å². The van der Waals surface area contributed by atoms with Crippen LogP contribution in [0.15, 0.2) is 12.2 Å². The molecule has 0 aromatic heterocycles. The van der Waals surface area contributed by atoms with Gasteiger partial charge >= 0.3 is 5.97 Å². The second-order valence-corrected chi connectivity index (χ2v) is 2.65. The van der Waals surface area contributed by atoms with Crippen molar-refractivity contribution in [2.75, 3.05) is 19.8 Å². The molecule has 5 heteroatoms. The van der Waals surface area contributed by atoms with Gasteiger partial charge in [-0.05, 0) is 6.92 Å². The zero-order valence-corrected chi connectivity index (χ0v) is 7.43. The van der Waals surface area contributed by atoms with Crippen molar-refractivity contribution < 1.29 is 24.9 Å². The van der Waals surface area contributed by atoms with E-state index in [1.807, 2.05) is 0 Å². The van der Waals surface area contributed by atoms with E-state index in [9.17, 15) is 9.90 Å². The minimum absolute atomic E-state index is 0.427. The van der Waals surface area contributed by atoms with Gasteiger partial charge in [-0.1, -0.05) is 6.08 Å². The lowest BCUT2D eigenvalue weighted by molar-refractivity contribution is -0.152. The summed E-state index contributed by atoms with van der Waals surface area (Å²) in [5, 5.41) is 26.5. The molecule has 0 spiro atoms. The molecule has 0 fully saturated rings. The first-order chi connectivity index (χ1) is 6.08. The molecule has 0 atom stereocenters. The van der Waals surface area contributed by atoms with Gasteiger partial charge in [0.05, 0.1) is 13.2 Å². The van der Waals surface area contributed by atoms with Crippen molar-refractivity contribution in [3.63, 3.8) is 0 Å². The molecule has 0 unspecified atom stereocenters. The van der Waals surface area contributed by atoms with Gasteiger partial charge in [0.25, 0.3) is 0 Å². The first kappa shape index (κ1) is 12.1. The Bertz CT molecular complexity index is 183. The smallest absolute Gasteiger partial charge is 0.330 e. The highest BCUT2D eigenvalue weighted by Crippen LogP contribution is 2.02. The molecule has 0 aromatic carbocycles. The molecule has 13 heavy (non-hydrogen) atoms. The number of aliphatic hydroxyl groups is 3. The topological polar surface area (TPSA) is 87.0 Å². The Morgan fingerprint density at radius 2 is 2.00 bits per heavy atom. The van der Waals surface area contributed by atoms with Crippen LogP contribution in [0.3, 0.4) is 0 Å². The standard InChI is InChI=1S/C8H14O5/c1-2-3-7(11)13-6-8(12,4-9)5-10/h2-3,9-10,12H,4-6H2,1H3/b3-2+. The molecule has 0 bridgehead atoms. The van der Waals surface area contributed by atoms with Crippen molar-refractivity contribution in [2.45, 2.75) is 12.5 Å². The van der Waals surface area contributed by atoms with Crippen LogP contribution in [0.1, 0.15) is 6.92 Å². The van der Waals surface area contributed by atoms with Crippen LogP contribution in [-0.2, 0) is 9.53 Å². The van der Waals surface area contributed by atoms with Gasteiger partial charge in [0, 0.05) is 6.08 Å². The summed E-state index contributed by atoms with van der Waals surface area (Å²) in [5.41, 5.74) is -1.75. The number of carbonyl (C=O) groups is 1. The maximum Gasteiger partial charge on any atom is 0.330 e. The second kappa shape index (κ2) is 5.69. The van der Waals surface area contributed by atoms with Gasteiger partial charge in [0.2, 0.25) is 0 Å². The van der Waals surface area contributed by atoms with Gasteiger partial charge in [-0.25, -0.2) is 4.79 Å². The van der Waals surface area contributed by atoms with Crippen LogP contribution in [-0.4, -0.2) is 46.7 Å². The van der Waals surface area contributed by atoms with Gasteiger partial charge in [-0.2, -0.15) is 0 Å². The van der Waals surface area contributed by atoms with Crippen molar-refractivity contribution in [3.8, 4) is 0 Å². The van der Waals surface area contributed by atoms with E-state index in [0.717, 1.165) is 0 Å². The van der Waals surface area contributed by atoms with Gasteiger partial charge in [-0.15, -0.1) is 0 Å². The lowest BCUT2D eigenvalue weighted by Crippen LogP contribution is -2.42. The molecule has 76 valence electrons. The maximum absolute atomic E-state index is 10.7. The Balaban J connectivity index is 3.92. The normalized spacial score (nSPS) is 12.0. The molecule has 0 amide bonds. The average Bonchev–Trinajstić information content (AvgIpc) is 2.15. The third-order valence-corrected chi connectivity index (χ3v) is 1.37. The summed E-state index contributed by atoms with van der Waals surface area (Å²) in [5.74, 6) is -0.622. The van der Waals surface area contributed by atoms with Crippen LogP contribution in [0.4, 0.5) is 0 Å². The molecule has 0 aliphatic heterocycles. The molecule has 0 saturated heterocycles. The van der Waals surface area contributed by atoms with Crippen LogP contribution in [0.5, 0.6) is 0 Å². The van der Waals surface area contributed by atoms with E-state index in [4.69, 9.17) is 10.2 Å². The maximum atomic E-state index is 10.7. The number of ether oxygens (including phenoxy) is 1. The number of carbonyl (C=O) groups excluding carboxylic acids is 1. The molecule has 0 aliphatic rings. The minimum Gasteiger partial charge on any atom is -0.459 e. The highest BCUT2D eigenvalue weighted by molar-refractivity contribution is 5.81. The fourth-order valence-corrected chi connectivity index (χ4v) is 0.531. The van der Waals surface area contributed by atoms with E-state index in [1.54, 1.807) is 6.92 Å². The third kappa shape index (κ3) is 4.62. The molecule has 5 nitrogen and oxygen atoms in total. The second-order valence-electron chi connectivity index (χ2n) is 2.65. The van der Waals surface area contributed by atoms with Crippen LogP contribution >= 0.6 is 0 Å². The summed E-state index contributed by atoms with van der Waals surface area (Å²) in [6.45, 7) is -0.103. The molecular formula is C8H14O5. The molecular weight excluding hydrogens is 176 g/mol. The molecule has 0 aliphatic carbocycles. The number of aliphatic hydroxyl groups excluding tert-OH is 2. The largest absolute Gasteiger partial charge is 0.459 e. The fraction of sp³-hybridized carbons (Fsp3) is 0.625. The first-order valence-corrected chi connectivity index (χ1v) is 3.81. The first-order valence-electron chi connectivity index (χ1n) is 3.81. The van der Waals surface area contributed by atoms with E-state index in [-0.39, 0.29) is 0 Å². The molecule has 0 aromatic rings. The Hall–Kier alpha value is -0.910. The van der Waals surface area contributed by atoms with Crippen LogP contribution in [0.2, 0.25) is 0 Å². The van der Waals surface area contributed by atoms with E-state index < -0.39 is 31.4 Å². The van der Waals surface area contributed by atoms with E-state index >= 15 is 0 Å². The molecule has 0 saturated carbocycles. The summed E-state index contributed by atoms with van der Waals surface area (Å²) in [6, 6.07) is 0. The summed E-state index contributed by atoms with van der Waals surface area (Å²) in [4.78, 5) is 10.7. The quantitative estimate of drug-likeness (QED) is 0.375. The molecule has 0 radical (unpaired) electrons. The number of hydrogen-bond acceptors (Lipinski definition) is 5. The molecule has 0 heterocycles. The predicted molar refractivity (Wildman–Crippen MR) is 44.9 cm³/mol. The van der Waals surface area contributed by atoms with E-state index in [0.29, 0.717) is 0 Å².